The van der Waals surface area contributed by atoms with E-state index in [1.54, 1.807) is 18.5 Å². The van der Waals surface area contributed by atoms with Crippen LogP contribution in [0.1, 0.15) is 13.3 Å². The molecule has 1 atom stereocenters. The second-order valence-corrected chi connectivity index (χ2v) is 5.29. The summed E-state index contributed by atoms with van der Waals surface area (Å²) in [5, 5.41) is 0.587. The molecule has 1 unspecified atom stereocenters. The first-order valence-corrected chi connectivity index (χ1v) is 6.32. The van der Waals surface area contributed by atoms with Gasteiger partial charge in [0.25, 0.3) is 0 Å². The van der Waals surface area contributed by atoms with Crippen molar-refractivity contribution in [2.24, 2.45) is 0 Å². The van der Waals surface area contributed by atoms with Gasteiger partial charge in [0.15, 0.2) is 0 Å². The minimum atomic E-state index is -0.879. The fourth-order valence-electron chi connectivity index (χ4n) is 0.620. The van der Waals surface area contributed by atoms with Crippen molar-refractivity contribution in [3.8, 4) is 0 Å². The summed E-state index contributed by atoms with van der Waals surface area (Å²) in [4.78, 5) is 7.92. The highest BCUT2D eigenvalue weighted by molar-refractivity contribution is 8.69. The Bertz CT molecular complexity index is 253. The minimum Gasteiger partial charge on any atom is -0.248 e. The van der Waals surface area contributed by atoms with Crippen LogP contribution in [0.3, 0.4) is 0 Å². The van der Waals surface area contributed by atoms with Crippen LogP contribution in [0.5, 0.6) is 0 Å². The lowest BCUT2D eigenvalue weighted by Gasteiger charge is -1.96. The maximum absolute atomic E-state index is 11.2. The zero-order chi connectivity index (χ0) is 8.81. The van der Waals surface area contributed by atoms with Crippen LogP contribution in [0.25, 0.3) is 0 Å². The molecular weight excluding hydrogens is 192 g/mol. The molecule has 0 N–H and O–H groups in total. The van der Waals surface area contributed by atoms with Gasteiger partial charge in [0.2, 0.25) is 5.16 Å². The summed E-state index contributed by atoms with van der Waals surface area (Å²) in [7, 11) is 0.339. The Morgan fingerprint density at radius 3 is 2.75 bits per heavy atom. The van der Waals surface area contributed by atoms with Crippen molar-refractivity contribution in [3.05, 3.63) is 18.5 Å². The summed E-state index contributed by atoms with van der Waals surface area (Å²) >= 11 is 0. The molecule has 5 heteroatoms. The summed E-state index contributed by atoms with van der Waals surface area (Å²) < 4.78 is 11.2. The summed E-state index contributed by atoms with van der Waals surface area (Å²) in [5.74, 6) is 0.697. The van der Waals surface area contributed by atoms with Crippen LogP contribution < -0.4 is 0 Å². The summed E-state index contributed by atoms with van der Waals surface area (Å²) in [6.45, 7) is 2.00. The predicted molar refractivity (Wildman–Crippen MR) is 51.2 cm³/mol. The molecule has 1 heterocycles. The topological polar surface area (TPSA) is 42.9 Å². The normalized spacial score (nSPS) is 12.8. The van der Waals surface area contributed by atoms with Crippen LogP contribution >= 0.6 is 10.8 Å². The molecule has 12 heavy (non-hydrogen) atoms. The Hall–Kier alpha value is -0.420. The van der Waals surface area contributed by atoms with Crippen molar-refractivity contribution in [3.63, 3.8) is 0 Å². The van der Waals surface area contributed by atoms with Gasteiger partial charge >= 0.3 is 0 Å². The number of rotatable bonds is 4. The highest BCUT2D eigenvalue weighted by Crippen LogP contribution is 2.16. The van der Waals surface area contributed by atoms with E-state index in [0.29, 0.717) is 10.9 Å². The molecule has 0 bridgehead atoms. The quantitative estimate of drug-likeness (QED) is 0.550. The first-order chi connectivity index (χ1) is 5.83. The van der Waals surface area contributed by atoms with Crippen LogP contribution in [0.15, 0.2) is 23.6 Å². The molecule has 0 saturated heterocycles. The summed E-state index contributed by atoms with van der Waals surface area (Å²) in [6, 6.07) is 1.74. The SMILES string of the molecule is CCCS(=O)Sc1ncccn1. The van der Waals surface area contributed by atoms with E-state index in [2.05, 4.69) is 9.97 Å². The molecule has 0 spiro atoms. The van der Waals surface area contributed by atoms with E-state index in [1.807, 2.05) is 6.92 Å². The van der Waals surface area contributed by atoms with Crippen molar-refractivity contribution in [1.82, 2.24) is 9.97 Å². The Labute approximate surface area is 77.9 Å². The summed E-state index contributed by atoms with van der Waals surface area (Å²) in [5.41, 5.74) is 0. The van der Waals surface area contributed by atoms with Crippen molar-refractivity contribution >= 4 is 20.6 Å². The van der Waals surface area contributed by atoms with Gasteiger partial charge in [-0.05, 0) is 12.5 Å². The molecule has 1 aromatic heterocycles. The number of aromatic nitrogens is 2. The Morgan fingerprint density at radius 2 is 2.17 bits per heavy atom. The molecule has 0 aromatic carbocycles. The number of hydrogen-bond donors (Lipinski definition) is 0. The second kappa shape index (κ2) is 5.27. The molecule has 0 aliphatic rings. The van der Waals surface area contributed by atoms with Crippen molar-refractivity contribution in [1.29, 1.82) is 0 Å². The minimum absolute atomic E-state index is 0.587. The van der Waals surface area contributed by atoms with E-state index in [0.717, 1.165) is 6.42 Å². The molecule has 0 amide bonds. The highest BCUT2D eigenvalue weighted by atomic mass is 33.1. The average Bonchev–Trinajstić information content (AvgIpc) is 2.06. The Kier molecular flexibility index (Phi) is 4.24. The van der Waals surface area contributed by atoms with Gasteiger partial charge in [-0.25, -0.2) is 14.2 Å². The van der Waals surface area contributed by atoms with Crippen LogP contribution in [0.2, 0.25) is 0 Å². The lowest BCUT2D eigenvalue weighted by molar-refractivity contribution is 0.690. The molecule has 66 valence electrons. The molecule has 1 aromatic rings. The van der Waals surface area contributed by atoms with Gasteiger partial charge in [0.1, 0.15) is 0 Å². The van der Waals surface area contributed by atoms with E-state index in [9.17, 15) is 4.21 Å². The third kappa shape index (κ3) is 3.32. The van der Waals surface area contributed by atoms with E-state index in [-0.39, 0.29) is 0 Å². The molecular formula is C7H10N2OS2. The second-order valence-electron chi connectivity index (χ2n) is 2.12. The fraction of sp³-hybridized carbons (Fsp3) is 0.429. The molecule has 1 rings (SSSR count). The summed E-state index contributed by atoms with van der Waals surface area (Å²) in [6.07, 6.45) is 4.23. The van der Waals surface area contributed by atoms with E-state index in [4.69, 9.17) is 0 Å². The standard InChI is InChI=1S/C7H10N2OS2/c1-2-6-12(10)11-7-8-4-3-5-9-7/h3-5H,2,6H2,1H3. The van der Waals surface area contributed by atoms with Crippen LogP contribution in [0.4, 0.5) is 0 Å². The van der Waals surface area contributed by atoms with E-state index >= 15 is 0 Å². The Morgan fingerprint density at radius 1 is 1.50 bits per heavy atom. The number of hydrogen-bond acceptors (Lipinski definition) is 4. The van der Waals surface area contributed by atoms with Crippen LogP contribution in [-0.4, -0.2) is 19.9 Å². The van der Waals surface area contributed by atoms with Gasteiger partial charge in [-0.3, -0.25) is 0 Å². The van der Waals surface area contributed by atoms with Gasteiger partial charge < -0.3 is 0 Å². The molecule has 0 saturated carbocycles. The first kappa shape index (κ1) is 9.67. The van der Waals surface area contributed by atoms with Gasteiger partial charge in [0, 0.05) is 28.9 Å². The third-order valence-electron chi connectivity index (χ3n) is 1.08. The molecule has 0 radical (unpaired) electrons. The first-order valence-electron chi connectivity index (χ1n) is 3.66. The van der Waals surface area contributed by atoms with Gasteiger partial charge in [0.05, 0.1) is 9.83 Å². The van der Waals surface area contributed by atoms with Crippen LogP contribution in [-0.2, 0) is 9.83 Å². The molecule has 3 nitrogen and oxygen atoms in total. The third-order valence-corrected chi connectivity index (χ3v) is 3.87. The fourth-order valence-corrected chi connectivity index (χ4v) is 2.92. The Balaban J connectivity index is 2.47. The van der Waals surface area contributed by atoms with Crippen molar-refractivity contribution < 1.29 is 4.21 Å². The lowest BCUT2D eigenvalue weighted by Crippen LogP contribution is -1.92. The van der Waals surface area contributed by atoms with Crippen molar-refractivity contribution in [2.75, 3.05) is 5.75 Å². The van der Waals surface area contributed by atoms with Crippen molar-refractivity contribution in [2.45, 2.75) is 18.5 Å². The predicted octanol–water partition coefficient (Wildman–Crippen LogP) is 1.64. The zero-order valence-corrected chi connectivity index (χ0v) is 8.40. The van der Waals surface area contributed by atoms with Crippen LogP contribution in [0, 0.1) is 0 Å². The van der Waals surface area contributed by atoms with Gasteiger partial charge in [-0.1, -0.05) is 6.92 Å². The van der Waals surface area contributed by atoms with Gasteiger partial charge in [-0.2, -0.15) is 0 Å². The maximum atomic E-state index is 11.2. The average molecular weight is 202 g/mol. The molecule has 0 aliphatic heterocycles. The molecule has 0 aliphatic carbocycles. The zero-order valence-electron chi connectivity index (χ0n) is 6.77. The van der Waals surface area contributed by atoms with E-state index in [1.165, 1.54) is 10.8 Å². The van der Waals surface area contributed by atoms with Gasteiger partial charge in [-0.15, -0.1) is 0 Å². The monoisotopic (exact) mass is 202 g/mol. The smallest absolute Gasteiger partial charge is 0.200 e. The lowest BCUT2D eigenvalue weighted by atomic mass is 10.6. The number of nitrogens with zero attached hydrogens (tertiary/aromatic N) is 2. The largest absolute Gasteiger partial charge is 0.248 e. The highest BCUT2D eigenvalue weighted by Gasteiger charge is 2.02. The van der Waals surface area contributed by atoms with E-state index < -0.39 is 9.83 Å². The molecule has 0 fully saturated rings. The maximum Gasteiger partial charge on any atom is 0.200 e.